The maximum Gasteiger partial charge on any atom is 0.326 e. The monoisotopic (exact) mass is 264 g/mol. The van der Waals surface area contributed by atoms with Crippen molar-refractivity contribution in [1.29, 1.82) is 0 Å². The van der Waals surface area contributed by atoms with E-state index < -0.39 is 17.9 Å². The van der Waals surface area contributed by atoms with Crippen LogP contribution in [0, 0.1) is 0 Å². The zero-order valence-corrected chi connectivity index (χ0v) is 10.9. The summed E-state index contributed by atoms with van der Waals surface area (Å²) in [7, 11) is 1.51. The van der Waals surface area contributed by atoms with Gasteiger partial charge in [0.2, 0.25) is 0 Å². The van der Waals surface area contributed by atoms with E-state index in [4.69, 9.17) is 5.11 Å². The van der Waals surface area contributed by atoms with Gasteiger partial charge in [0.25, 0.3) is 11.5 Å². The van der Waals surface area contributed by atoms with Crippen LogP contribution in [0.3, 0.4) is 0 Å². The molecular weight excluding hydrogens is 248 g/mol. The molecule has 1 aromatic heterocycles. The van der Waals surface area contributed by atoms with Crippen LogP contribution < -0.4 is 5.56 Å². The molecular formula is C13H16N2O4. The first-order valence-electron chi connectivity index (χ1n) is 6.15. The molecule has 0 aliphatic heterocycles. The van der Waals surface area contributed by atoms with Crippen LogP contribution in [0.1, 0.15) is 30.3 Å². The summed E-state index contributed by atoms with van der Waals surface area (Å²) in [6, 6.07) is 3.47. The molecule has 1 saturated carbocycles. The van der Waals surface area contributed by atoms with E-state index in [-0.39, 0.29) is 17.3 Å². The molecule has 102 valence electrons. The lowest BCUT2D eigenvalue weighted by Gasteiger charge is -2.27. The Balaban J connectivity index is 2.37. The second kappa shape index (κ2) is 4.87. The summed E-state index contributed by atoms with van der Waals surface area (Å²) >= 11 is 0. The molecule has 1 aliphatic carbocycles. The van der Waals surface area contributed by atoms with Crippen molar-refractivity contribution in [3.63, 3.8) is 0 Å². The number of aromatic nitrogens is 1. The van der Waals surface area contributed by atoms with Gasteiger partial charge in [0.1, 0.15) is 11.7 Å². The van der Waals surface area contributed by atoms with Crippen molar-refractivity contribution in [3.05, 3.63) is 34.2 Å². The van der Waals surface area contributed by atoms with Crippen LogP contribution in [0.2, 0.25) is 0 Å². The van der Waals surface area contributed by atoms with Gasteiger partial charge in [-0.3, -0.25) is 9.59 Å². The summed E-state index contributed by atoms with van der Waals surface area (Å²) in [5.41, 5.74) is -0.0722. The zero-order valence-electron chi connectivity index (χ0n) is 10.9. The number of amides is 1. The third-order valence-corrected chi connectivity index (χ3v) is 3.35. The van der Waals surface area contributed by atoms with Gasteiger partial charge in [0, 0.05) is 19.2 Å². The van der Waals surface area contributed by atoms with Crippen molar-refractivity contribution < 1.29 is 14.7 Å². The third kappa shape index (κ3) is 2.52. The van der Waals surface area contributed by atoms with Crippen molar-refractivity contribution in [2.24, 2.45) is 7.05 Å². The van der Waals surface area contributed by atoms with Crippen molar-refractivity contribution in [3.8, 4) is 0 Å². The number of hydrogen-bond donors (Lipinski definition) is 1. The first-order chi connectivity index (χ1) is 8.93. The molecule has 1 atom stereocenters. The predicted molar refractivity (Wildman–Crippen MR) is 68.0 cm³/mol. The van der Waals surface area contributed by atoms with Gasteiger partial charge in [0.15, 0.2) is 0 Å². The fraction of sp³-hybridized carbons (Fsp3) is 0.462. The molecule has 6 heteroatoms. The Bertz CT molecular complexity index is 574. The van der Waals surface area contributed by atoms with Crippen LogP contribution in [0.4, 0.5) is 0 Å². The van der Waals surface area contributed by atoms with Gasteiger partial charge in [0.05, 0.1) is 0 Å². The number of carbonyl (C=O) groups excluding carboxylic acids is 1. The number of nitrogens with zero attached hydrogens (tertiary/aromatic N) is 2. The molecule has 1 fully saturated rings. The van der Waals surface area contributed by atoms with Gasteiger partial charge < -0.3 is 14.6 Å². The molecule has 0 bridgehead atoms. The number of hydrogen-bond acceptors (Lipinski definition) is 3. The predicted octanol–water partition coefficient (Wildman–Crippen LogP) is 0.463. The van der Waals surface area contributed by atoms with E-state index in [9.17, 15) is 14.4 Å². The van der Waals surface area contributed by atoms with Crippen LogP contribution >= 0.6 is 0 Å². The highest BCUT2D eigenvalue weighted by atomic mass is 16.4. The number of pyridine rings is 1. The van der Waals surface area contributed by atoms with Gasteiger partial charge in [-0.05, 0) is 25.8 Å². The maximum atomic E-state index is 12.4. The molecule has 1 unspecified atom stereocenters. The second-order valence-corrected chi connectivity index (χ2v) is 4.77. The fourth-order valence-electron chi connectivity index (χ4n) is 2.04. The maximum absolute atomic E-state index is 12.4. The molecule has 1 N–H and O–H groups in total. The van der Waals surface area contributed by atoms with E-state index in [0.29, 0.717) is 0 Å². The van der Waals surface area contributed by atoms with Gasteiger partial charge in [-0.25, -0.2) is 4.79 Å². The quantitative estimate of drug-likeness (QED) is 0.857. The molecule has 0 radical (unpaired) electrons. The summed E-state index contributed by atoms with van der Waals surface area (Å²) in [6.45, 7) is 1.49. The molecule has 0 saturated heterocycles. The number of carbonyl (C=O) groups is 2. The molecule has 1 aliphatic rings. The van der Waals surface area contributed by atoms with Crippen LogP contribution in [-0.4, -0.2) is 38.5 Å². The minimum Gasteiger partial charge on any atom is -0.480 e. The Morgan fingerprint density at radius 3 is 2.58 bits per heavy atom. The van der Waals surface area contributed by atoms with Gasteiger partial charge >= 0.3 is 5.97 Å². The lowest BCUT2D eigenvalue weighted by atomic mass is 10.2. The van der Waals surface area contributed by atoms with Crippen LogP contribution in [-0.2, 0) is 11.8 Å². The first kappa shape index (κ1) is 13.3. The van der Waals surface area contributed by atoms with Crippen LogP contribution in [0.15, 0.2) is 23.0 Å². The molecule has 6 nitrogen and oxygen atoms in total. The Hall–Kier alpha value is -2.11. The second-order valence-electron chi connectivity index (χ2n) is 4.77. The molecule has 1 aromatic rings. The summed E-state index contributed by atoms with van der Waals surface area (Å²) < 4.78 is 1.24. The minimum atomic E-state index is -1.04. The number of rotatable bonds is 4. The lowest BCUT2D eigenvalue weighted by Crippen LogP contribution is -2.46. The zero-order chi connectivity index (χ0) is 14.2. The molecule has 1 amide bonds. The Labute approximate surface area is 110 Å². The van der Waals surface area contributed by atoms with Crippen LogP contribution in [0.25, 0.3) is 0 Å². The van der Waals surface area contributed by atoms with Crippen molar-refractivity contribution in [1.82, 2.24) is 9.47 Å². The highest BCUT2D eigenvalue weighted by Gasteiger charge is 2.39. The van der Waals surface area contributed by atoms with E-state index in [1.165, 1.54) is 41.6 Å². The smallest absolute Gasteiger partial charge is 0.326 e. The summed E-state index contributed by atoms with van der Waals surface area (Å²) in [5.74, 6) is -1.45. The minimum absolute atomic E-state index is 0.0334. The normalized spacial score (nSPS) is 15.9. The van der Waals surface area contributed by atoms with Crippen molar-refractivity contribution in [2.45, 2.75) is 31.8 Å². The third-order valence-electron chi connectivity index (χ3n) is 3.35. The van der Waals surface area contributed by atoms with Crippen molar-refractivity contribution in [2.75, 3.05) is 0 Å². The SMILES string of the molecule is CC(C(=O)O)N(C(=O)c1cccc(=O)n1C)C1CC1. The molecule has 2 rings (SSSR count). The van der Waals surface area contributed by atoms with Gasteiger partial charge in [-0.1, -0.05) is 6.07 Å². The molecule has 1 heterocycles. The van der Waals surface area contributed by atoms with Gasteiger partial charge in [-0.2, -0.15) is 0 Å². The van der Waals surface area contributed by atoms with E-state index in [1.54, 1.807) is 0 Å². The highest BCUT2D eigenvalue weighted by Crippen LogP contribution is 2.30. The largest absolute Gasteiger partial charge is 0.480 e. The van der Waals surface area contributed by atoms with Crippen molar-refractivity contribution >= 4 is 11.9 Å². The van der Waals surface area contributed by atoms with Crippen LogP contribution in [0.5, 0.6) is 0 Å². The average Bonchev–Trinajstić information content (AvgIpc) is 3.17. The Morgan fingerprint density at radius 1 is 1.42 bits per heavy atom. The summed E-state index contributed by atoms with van der Waals surface area (Å²) in [4.78, 5) is 36.4. The van der Waals surface area contributed by atoms with E-state index >= 15 is 0 Å². The lowest BCUT2D eigenvalue weighted by molar-refractivity contribution is -0.141. The Kier molecular flexibility index (Phi) is 3.42. The number of carboxylic acid groups (broad SMARTS) is 1. The van der Waals surface area contributed by atoms with E-state index in [2.05, 4.69) is 0 Å². The standard InChI is InChI=1S/C13H16N2O4/c1-8(13(18)19)15(9-6-7-9)12(17)10-4-3-5-11(16)14(10)2/h3-5,8-9H,6-7H2,1-2H3,(H,18,19). The molecule has 19 heavy (non-hydrogen) atoms. The summed E-state index contributed by atoms with van der Waals surface area (Å²) in [5, 5.41) is 9.09. The summed E-state index contributed by atoms with van der Waals surface area (Å²) in [6.07, 6.45) is 1.62. The Morgan fingerprint density at radius 2 is 2.05 bits per heavy atom. The highest BCUT2D eigenvalue weighted by molar-refractivity contribution is 5.95. The first-order valence-corrected chi connectivity index (χ1v) is 6.15. The average molecular weight is 264 g/mol. The number of carboxylic acids is 1. The molecule has 0 spiro atoms. The molecule has 0 aromatic carbocycles. The van der Waals surface area contributed by atoms with E-state index in [0.717, 1.165) is 12.8 Å². The topological polar surface area (TPSA) is 79.6 Å². The van der Waals surface area contributed by atoms with Gasteiger partial charge in [-0.15, -0.1) is 0 Å². The number of aliphatic carboxylic acids is 1. The fourth-order valence-corrected chi connectivity index (χ4v) is 2.04. The van der Waals surface area contributed by atoms with E-state index in [1.807, 2.05) is 0 Å².